The maximum absolute atomic E-state index is 13.3. The number of sulfonamides is 1. The molecule has 0 aliphatic carbocycles. The molecule has 0 fully saturated rings. The monoisotopic (exact) mass is 472 g/mol. The van der Waals surface area contributed by atoms with Crippen molar-refractivity contribution in [3.05, 3.63) is 65.7 Å². The second-order valence-electron chi connectivity index (χ2n) is 7.76. The third-order valence-electron chi connectivity index (χ3n) is 5.35. The molecule has 3 rings (SSSR count). The summed E-state index contributed by atoms with van der Waals surface area (Å²) in [5, 5.41) is 0. The number of hydrogen-bond acceptors (Lipinski definition) is 6. The Balaban J connectivity index is 1.83. The molecule has 0 spiro atoms. The van der Waals surface area contributed by atoms with Crippen LogP contribution in [-0.4, -0.2) is 58.5 Å². The Labute approximate surface area is 194 Å². The largest absolute Gasteiger partial charge is 0.496 e. The lowest BCUT2D eigenvalue weighted by molar-refractivity contribution is -0.133. The Hall–Kier alpha value is -3.33. The molecule has 8 nitrogen and oxygen atoms in total. The van der Waals surface area contributed by atoms with E-state index >= 15 is 0 Å². The number of para-hydroxylation sites is 1. The average molecular weight is 473 g/mol. The zero-order chi connectivity index (χ0) is 24.2. The van der Waals surface area contributed by atoms with Gasteiger partial charge in [-0.2, -0.15) is 0 Å². The third kappa shape index (κ3) is 5.19. The van der Waals surface area contributed by atoms with Gasteiger partial charge in [0.25, 0.3) is 15.9 Å². The average Bonchev–Trinajstić information content (AvgIpc) is 3.25. The summed E-state index contributed by atoms with van der Waals surface area (Å²) in [6.07, 6.45) is 0.612. The predicted octanol–water partition coefficient (Wildman–Crippen LogP) is 3.03. The summed E-state index contributed by atoms with van der Waals surface area (Å²) >= 11 is 0. The van der Waals surface area contributed by atoms with Gasteiger partial charge in [0.15, 0.2) is 6.61 Å². The summed E-state index contributed by atoms with van der Waals surface area (Å²) in [5.41, 5.74) is 2.31. The van der Waals surface area contributed by atoms with Gasteiger partial charge in [-0.3, -0.25) is 9.10 Å². The minimum Gasteiger partial charge on any atom is -0.496 e. The fourth-order valence-electron chi connectivity index (χ4n) is 3.69. The number of anilines is 1. The molecule has 0 atom stereocenters. The van der Waals surface area contributed by atoms with Crippen LogP contribution in [0.3, 0.4) is 0 Å². The number of amides is 1. The molecule has 33 heavy (non-hydrogen) atoms. The van der Waals surface area contributed by atoms with Gasteiger partial charge in [-0.1, -0.05) is 30.4 Å². The summed E-state index contributed by atoms with van der Waals surface area (Å²) < 4.78 is 38.4. The van der Waals surface area contributed by atoms with Crippen LogP contribution >= 0.6 is 0 Å². The van der Waals surface area contributed by atoms with Crippen molar-refractivity contribution in [1.29, 1.82) is 0 Å². The Morgan fingerprint density at radius 1 is 1.18 bits per heavy atom. The lowest BCUT2D eigenvalue weighted by atomic mass is 10.2. The molecule has 1 amide bonds. The summed E-state index contributed by atoms with van der Waals surface area (Å²) in [6.45, 7) is 8.06. The number of likely N-dealkylation sites (N-methyl/N-ethyl adjacent to an activating group) is 1. The highest BCUT2D eigenvalue weighted by Crippen LogP contribution is 2.34. The second kappa shape index (κ2) is 10.1. The summed E-state index contributed by atoms with van der Waals surface area (Å²) in [7, 11) is -2.54. The maximum Gasteiger partial charge on any atom is 0.342 e. The van der Waals surface area contributed by atoms with Crippen molar-refractivity contribution in [3.8, 4) is 5.75 Å². The maximum atomic E-state index is 13.3. The molecule has 0 saturated heterocycles. The number of rotatable bonds is 9. The van der Waals surface area contributed by atoms with Gasteiger partial charge in [-0.05, 0) is 50.1 Å². The van der Waals surface area contributed by atoms with E-state index in [9.17, 15) is 18.0 Å². The molecule has 1 heterocycles. The van der Waals surface area contributed by atoms with Crippen molar-refractivity contribution >= 4 is 27.6 Å². The normalized spacial score (nSPS) is 12.8. The van der Waals surface area contributed by atoms with Crippen LogP contribution in [-0.2, 0) is 26.0 Å². The van der Waals surface area contributed by atoms with Crippen molar-refractivity contribution in [2.75, 3.05) is 37.7 Å². The van der Waals surface area contributed by atoms with E-state index in [1.165, 1.54) is 34.5 Å². The van der Waals surface area contributed by atoms with E-state index in [0.717, 1.165) is 11.1 Å². The Kier molecular flexibility index (Phi) is 7.43. The van der Waals surface area contributed by atoms with E-state index < -0.39 is 22.6 Å². The van der Waals surface area contributed by atoms with Crippen molar-refractivity contribution in [3.63, 3.8) is 0 Å². The second-order valence-corrected chi connectivity index (χ2v) is 9.62. The number of hydrogen-bond donors (Lipinski definition) is 0. The van der Waals surface area contributed by atoms with Crippen LogP contribution < -0.4 is 9.04 Å². The van der Waals surface area contributed by atoms with Crippen LogP contribution in [0, 0.1) is 0 Å². The Morgan fingerprint density at radius 2 is 1.91 bits per heavy atom. The molecule has 176 valence electrons. The highest BCUT2D eigenvalue weighted by molar-refractivity contribution is 7.92. The summed E-state index contributed by atoms with van der Waals surface area (Å²) in [4.78, 5) is 26.6. The molecule has 2 aromatic rings. The minimum atomic E-state index is -3.91. The standard InChI is InChI=1S/C24H28N2O6S/c1-5-25(15-17(2)3)23(27)16-32-24(28)20-14-19(10-11-22(20)31-4)33(29,30)26-13-12-18-8-6-7-9-21(18)26/h6-11,14H,2,5,12-13,15-16H2,1,3-4H3. The molecule has 1 aliphatic rings. The molecule has 0 bridgehead atoms. The Bertz CT molecular complexity index is 1180. The number of carbonyl (C=O) groups is 2. The van der Waals surface area contributed by atoms with Gasteiger partial charge < -0.3 is 14.4 Å². The molecular weight excluding hydrogens is 444 g/mol. The Morgan fingerprint density at radius 3 is 2.58 bits per heavy atom. The molecule has 0 unspecified atom stereocenters. The first kappa shape index (κ1) is 24.3. The SMILES string of the molecule is C=C(C)CN(CC)C(=O)COC(=O)c1cc(S(=O)(=O)N2CCc3ccccc32)ccc1OC. The molecule has 0 radical (unpaired) electrons. The lowest BCUT2D eigenvalue weighted by Gasteiger charge is -2.21. The molecule has 0 saturated carbocycles. The van der Waals surface area contributed by atoms with Crippen molar-refractivity contribution < 1.29 is 27.5 Å². The number of benzene rings is 2. The fourth-order valence-corrected chi connectivity index (χ4v) is 5.22. The first-order chi connectivity index (χ1) is 15.7. The van der Waals surface area contributed by atoms with Gasteiger partial charge in [0.05, 0.1) is 17.7 Å². The summed E-state index contributed by atoms with van der Waals surface area (Å²) in [5.74, 6) is -1.06. The van der Waals surface area contributed by atoms with Gasteiger partial charge in [0, 0.05) is 19.6 Å². The van der Waals surface area contributed by atoms with Crippen LogP contribution in [0.5, 0.6) is 5.75 Å². The number of methoxy groups -OCH3 is 1. The molecule has 0 aromatic heterocycles. The van der Waals surface area contributed by atoms with Crippen molar-refractivity contribution in [2.24, 2.45) is 0 Å². The van der Waals surface area contributed by atoms with Crippen LogP contribution in [0.2, 0.25) is 0 Å². The van der Waals surface area contributed by atoms with Gasteiger partial charge in [-0.15, -0.1) is 0 Å². The van der Waals surface area contributed by atoms with Crippen LogP contribution in [0.1, 0.15) is 29.8 Å². The van der Waals surface area contributed by atoms with Crippen LogP contribution in [0.15, 0.2) is 59.5 Å². The molecule has 0 N–H and O–H groups in total. The van der Waals surface area contributed by atoms with Crippen molar-refractivity contribution in [1.82, 2.24) is 4.90 Å². The van der Waals surface area contributed by atoms with E-state index in [-0.39, 0.29) is 22.1 Å². The highest BCUT2D eigenvalue weighted by Gasteiger charge is 2.32. The van der Waals surface area contributed by atoms with Gasteiger partial charge in [0.2, 0.25) is 0 Å². The van der Waals surface area contributed by atoms with E-state index in [4.69, 9.17) is 9.47 Å². The zero-order valence-electron chi connectivity index (χ0n) is 19.0. The van der Waals surface area contributed by atoms with Gasteiger partial charge in [0.1, 0.15) is 11.3 Å². The number of carbonyl (C=O) groups excluding carboxylic acids is 2. The summed E-state index contributed by atoms with van der Waals surface area (Å²) in [6, 6.07) is 11.3. The van der Waals surface area contributed by atoms with E-state index in [2.05, 4.69) is 6.58 Å². The van der Waals surface area contributed by atoms with Crippen molar-refractivity contribution in [2.45, 2.75) is 25.2 Å². The zero-order valence-corrected chi connectivity index (χ0v) is 19.9. The third-order valence-corrected chi connectivity index (χ3v) is 7.15. The first-order valence-corrected chi connectivity index (χ1v) is 12.0. The number of fused-ring (bicyclic) bond motifs is 1. The topological polar surface area (TPSA) is 93.2 Å². The predicted molar refractivity (Wildman–Crippen MR) is 125 cm³/mol. The lowest BCUT2D eigenvalue weighted by Crippen LogP contribution is -2.35. The van der Waals surface area contributed by atoms with Crippen LogP contribution in [0.4, 0.5) is 5.69 Å². The van der Waals surface area contributed by atoms with Crippen LogP contribution in [0.25, 0.3) is 0 Å². The molecule has 1 aliphatic heterocycles. The first-order valence-electron chi connectivity index (χ1n) is 10.6. The van der Waals surface area contributed by atoms with Gasteiger partial charge in [-0.25, -0.2) is 13.2 Å². The number of nitrogens with zero attached hydrogens (tertiary/aromatic N) is 2. The van der Waals surface area contributed by atoms with E-state index in [1.807, 2.05) is 19.1 Å². The molecule has 9 heteroatoms. The molecule has 2 aromatic carbocycles. The smallest absolute Gasteiger partial charge is 0.342 e. The number of esters is 1. The van der Waals surface area contributed by atoms with Gasteiger partial charge >= 0.3 is 5.97 Å². The minimum absolute atomic E-state index is 0.0595. The quantitative estimate of drug-likeness (QED) is 0.411. The van der Waals surface area contributed by atoms with E-state index in [1.54, 1.807) is 19.1 Å². The highest BCUT2D eigenvalue weighted by atomic mass is 32.2. The number of ether oxygens (including phenoxy) is 2. The fraction of sp³-hybridized carbons (Fsp3) is 0.333. The van der Waals surface area contributed by atoms with E-state index in [0.29, 0.717) is 31.7 Å². The molecular formula is C24H28N2O6S.